The highest BCUT2D eigenvalue weighted by atomic mass is 16.5. The van der Waals surface area contributed by atoms with Gasteiger partial charge < -0.3 is 15.4 Å². The van der Waals surface area contributed by atoms with Gasteiger partial charge >= 0.3 is 0 Å². The molecule has 22 heavy (non-hydrogen) atoms. The van der Waals surface area contributed by atoms with Gasteiger partial charge in [0, 0.05) is 33.9 Å². The van der Waals surface area contributed by atoms with E-state index in [-0.39, 0.29) is 0 Å². The Bertz CT molecular complexity index is 564. The van der Waals surface area contributed by atoms with E-state index in [1.54, 1.807) is 25.2 Å². The second-order valence-electron chi connectivity index (χ2n) is 4.71. The number of methoxy groups -OCH3 is 1. The Kier molecular flexibility index (Phi) is 6.38. The van der Waals surface area contributed by atoms with Crippen LogP contribution in [-0.4, -0.2) is 48.0 Å². The quantitative estimate of drug-likeness (QED) is 0.453. The number of hydrogen-bond donors (Lipinski definition) is 2. The van der Waals surface area contributed by atoms with Crippen LogP contribution in [0.3, 0.4) is 0 Å². The van der Waals surface area contributed by atoms with Gasteiger partial charge in [0.15, 0.2) is 5.96 Å². The highest BCUT2D eigenvalue weighted by molar-refractivity contribution is 5.79. The number of nitrogens with zero attached hydrogens (tertiary/aromatic N) is 4. The summed E-state index contributed by atoms with van der Waals surface area (Å²) in [5, 5.41) is 10.6. The SMILES string of the molecule is CN=C(NCCCOC)NCc1ccc(-n2cncn2)cc1. The topological polar surface area (TPSA) is 76.4 Å². The van der Waals surface area contributed by atoms with Crippen molar-refractivity contribution in [3.8, 4) is 5.69 Å². The molecule has 0 amide bonds. The third kappa shape index (κ3) is 4.85. The molecule has 0 aliphatic rings. The molecule has 7 nitrogen and oxygen atoms in total. The predicted octanol–water partition coefficient (Wildman–Crippen LogP) is 0.969. The Morgan fingerprint density at radius 1 is 1.27 bits per heavy atom. The van der Waals surface area contributed by atoms with Crippen LogP contribution in [0.2, 0.25) is 0 Å². The van der Waals surface area contributed by atoms with Crippen molar-refractivity contribution >= 4 is 5.96 Å². The van der Waals surface area contributed by atoms with Crippen LogP contribution in [0.4, 0.5) is 0 Å². The molecule has 0 fully saturated rings. The van der Waals surface area contributed by atoms with Crippen molar-refractivity contribution in [3.63, 3.8) is 0 Å². The van der Waals surface area contributed by atoms with E-state index in [1.165, 1.54) is 11.9 Å². The summed E-state index contributed by atoms with van der Waals surface area (Å²) in [6, 6.07) is 8.14. The fraction of sp³-hybridized carbons (Fsp3) is 0.400. The van der Waals surface area contributed by atoms with E-state index in [2.05, 4.69) is 37.8 Å². The maximum Gasteiger partial charge on any atom is 0.191 e. The monoisotopic (exact) mass is 302 g/mol. The summed E-state index contributed by atoms with van der Waals surface area (Å²) in [6.45, 7) is 2.29. The van der Waals surface area contributed by atoms with E-state index in [9.17, 15) is 0 Å². The van der Waals surface area contributed by atoms with Gasteiger partial charge in [-0.3, -0.25) is 4.99 Å². The van der Waals surface area contributed by atoms with Crippen molar-refractivity contribution < 1.29 is 4.74 Å². The molecule has 0 spiro atoms. The third-order valence-corrected chi connectivity index (χ3v) is 3.12. The van der Waals surface area contributed by atoms with Crippen LogP contribution in [0.5, 0.6) is 0 Å². The lowest BCUT2D eigenvalue weighted by molar-refractivity contribution is 0.195. The molecule has 0 aliphatic carbocycles. The van der Waals surface area contributed by atoms with Gasteiger partial charge in [0.2, 0.25) is 0 Å². The first-order valence-electron chi connectivity index (χ1n) is 7.21. The van der Waals surface area contributed by atoms with Crippen molar-refractivity contribution in [2.75, 3.05) is 27.3 Å². The second-order valence-corrected chi connectivity index (χ2v) is 4.71. The zero-order valence-electron chi connectivity index (χ0n) is 13.0. The average Bonchev–Trinajstić information content (AvgIpc) is 3.09. The summed E-state index contributed by atoms with van der Waals surface area (Å²) < 4.78 is 6.75. The molecule has 1 aromatic carbocycles. The van der Waals surface area contributed by atoms with Crippen LogP contribution in [-0.2, 0) is 11.3 Å². The number of aliphatic imine (C=N–C) groups is 1. The average molecular weight is 302 g/mol. The number of nitrogens with one attached hydrogen (secondary N) is 2. The molecule has 0 bridgehead atoms. The molecular formula is C15H22N6O. The Morgan fingerprint density at radius 3 is 2.73 bits per heavy atom. The van der Waals surface area contributed by atoms with E-state index in [1.807, 2.05) is 12.1 Å². The molecule has 0 unspecified atom stereocenters. The first kappa shape index (κ1) is 16.0. The van der Waals surface area contributed by atoms with Crippen molar-refractivity contribution in [2.45, 2.75) is 13.0 Å². The minimum absolute atomic E-state index is 0.710. The van der Waals surface area contributed by atoms with E-state index < -0.39 is 0 Å². The highest BCUT2D eigenvalue weighted by Gasteiger charge is 2.00. The lowest BCUT2D eigenvalue weighted by Gasteiger charge is -2.12. The van der Waals surface area contributed by atoms with Crippen molar-refractivity contribution in [3.05, 3.63) is 42.5 Å². The Balaban J connectivity index is 1.80. The molecule has 2 rings (SSSR count). The number of aromatic nitrogens is 3. The number of guanidine groups is 1. The van der Waals surface area contributed by atoms with Gasteiger partial charge in [0.25, 0.3) is 0 Å². The first-order chi connectivity index (χ1) is 10.8. The van der Waals surface area contributed by atoms with Crippen LogP contribution in [0.1, 0.15) is 12.0 Å². The molecule has 2 N–H and O–H groups in total. The van der Waals surface area contributed by atoms with Crippen LogP contribution in [0, 0.1) is 0 Å². The number of ether oxygens (including phenoxy) is 1. The van der Waals surface area contributed by atoms with E-state index >= 15 is 0 Å². The van der Waals surface area contributed by atoms with Gasteiger partial charge in [-0.15, -0.1) is 0 Å². The minimum Gasteiger partial charge on any atom is -0.385 e. The molecule has 0 radical (unpaired) electrons. The molecule has 2 aromatic rings. The fourth-order valence-corrected chi connectivity index (χ4v) is 1.94. The van der Waals surface area contributed by atoms with Crippen molar-refractivity contribution in [2.24, 2.45) is 4.99 Å². The van der Waals surface area contributed by atoms with Crippen LogP contribution >= 0.6 is 0 Å². The molecule has 7 heteroatoms. The zero-order valence-corrected chi connectivity index (χ0v) is 13.0. The molecule has 0 saturated carbocycles. The minimum atomic E-state index is 0.710. The highest BCUT2D eigenvalue weighted by Crippen LogP contribution is 2.07. The summed E-state index contributed by atoms with van der Waals surface area (Å²) >= 11 is 0. The van der Waals surface area contributed by atoms with Gasteiger partial charge in [0.05, 0.1) is 5.69 Å². The van der Waals surface area contributed by atoms with E-state index in [4.69, 9.17) is 4.74 Å². The summed E-state index contributed by atoms with van der Waals surface area (Å²) in [5.41, 5.74) is 2.16. The number of hydrogen-bond acceptors (Lipinski definition) is 4. The van der Waals surface area contributed by atoms with Gasteiger partial charge in [-0.2, -0.15) is 5.10 Å². The lowest BCUT2D eigenvalue weighted by atomic mass is 10.2. The maximum absolute atomic E-state index is 5.02. The molecular weight excluding hydrogens is 280 g/mol. The van der Waals surface area contributed by atoms with Crippen molar-refractivity contribution in [1.82, 2.24) is 25.4 Å². The molecule has 0 saturated heterocycles. The summed E-state index contributed by atoms with van der Waals surface area (Å²) in [6.07, 6.45) is 4.15. The fourth-order valence-electron chi connectivity index (χ4n) is 1.94. The maximum atomic E-state index is 5.02. The normalized spacial score (nSPS) is 11.5. The van der Waals surface area contributed by atoms with Crippen molar-refractivity contribution in [1.29, 1.82) is 0 Å². The second kappa shape index (κ2) is 8.78. The Morgan fingerprint density at radius 2 is 2.09 bits per heavy atom. The summed E-state index contributed by atoms with van der Waals surface area (Å²) in [4.78, 5) is 8.13. The largest absolute Gasteiger partial charge is 0.385 e. The van der Waals surface area contributed by atoms with Crippen LogP contribution in [0.25, 0.3) is 5.69 Å². The zero-order chi connectivity index (χ0) is 15.6. The third-order valence-electron chi connectivity index (χ3n) is 3.12. The van der Waals surface area contributed by atoms with E-state index in [0.717, 1.165) is 31.2 Å². The predicted molar refractivity (Wildman–Crippen MR) is 86.1 cm³/mol. The first-order valence-corrected chi connectivity index (χ1v) is 7.21. The lowest BCUT2D eigenvalue weighted by Crippen LogP contribution is -2.37. The number of benzene rings is 1. The van der Waals surface area contributed by atoms with Gasteiger partial charge in [-0.25, -0.2) is 9.67 Å². The summed E-state index contributed by atoms with van der Waals surface area (Å²) in [5.74, 6) is 0.788. The van der Waals surface area contributed by atoms with Gasteiger partial charge in [-0.05, 0) is 24.1 Å². The van der Waals surface area contributed by atoms with Gasteiger partial charge in [0.1, 0.15) is 12.7 Å². The number of rotatable bonds is 7. The van der Waals surface area contributed by atoms with Crippen LogP contribution in [0.15, 0.2) is 41.9 Å². The smallest absolute Gasteiger partial charge is 0.191 e. The van der Waals surface area contributed by atoms with E-state index in [0.29, 0.717) is 6.54 Å². The molecule has 118 valence electrons. The standard InChI is InChI=1S/C15H22N6O/c1-16-15(18-8-3-9-22-2)19-10-13-4-6-14(7-5-13)21-12-17-11-20-21/h4-7,11-12H,3,8-10H2,1-2H3,(H2,16,18,19). The summed E-state index contributed by atoms with van der Waals surface area (Å²) in [7, 11) is 3.47. The molecule has 1 heterocycles. The molecule has 1 aromatic heterocycles. The van der Waals surface area contributed by atoms with Crippen LogP contribution < -0.4 is 10.6 Å². The molecule has 0 aliphatic heterocycles. The Hall–Kier alpha value is -2.41. The molecule has 0 atom stereocenters. The Labute approximate surface area is 130 Å². The van der Waals surface area contributed by atoms with Gasteiger partial charge in [-0.1, -0.05) is 12.1 Å².